The minimum absolute atomic E-state index is 0.412. The number of pyridine rings is 1. The molecule has 1 fully saturated rings. The standard InChI is InChI=1S/C24H32N6O3S/c1-18(2)34(31,32)27-21-7-4-6-20(14-21)19-10-12-29(13-11-19)15-23-17-30(28-26-23)16-22-8-5-9-24(25-22)33-3/h4-9,14,17-19,27H,10-13,15-16H2,1-3H3. The fraction of sp³-hybridized carbons (Fsp3) is 0.458. The molecule has 0 aliphatic carbocycles. The van der Waals surface area contributed by atoms with Crippen LogP contribution in [0.1, 0.15) is 49.6 Å². The highest BCUT2D eigenvalue weighted by molar-refractivity contribution is 7.93. The first-order chi connectivity index (χ1) is 16.3. The SMILES string of the molecule is COc1cccc(Cn2cc(CN3CCC(c4cccc(NS(=O)(=O)C(C)C)c4)CC3)nn2)n1. The molecule has 0 spiro atoms. The maximum absolute atomic E-state index is 12.2. The van der Waals surface area contributed by atoms with Crippen molar-refractivity contribution in [3.8, 4) is 5.88 Å². The van der Waals surface area contributed by atoms with E-state index >= 15 is 0 Å². The molecule has 1 aliphatic rings. The number of likely N-dealkylation sites (tertiary alicyclic amines) is 1. The smallest absolute Gasteiger partial charge is 0.235 e. The van der Waals surface area contributed by atoms with E-state index in [1.165, 1.54) is 5.56 Å². The topological polar surface area (TPSA) is 102 Å². The number of nitrogens with one attached hydrogen (secondary N) is 1. The maximum Gasteiger partial charge on any atom is 0.235 e. The first-order valence-corrected chi connectivity index (χ1v) is 13.1. The first-order valence-electron chi connectivity index (χ1n) is 11.6. The third-order valence-electron chi connectivity index (χ3n) is 6.11. The average Bonchev–Trinajstić information content (AvgIpc) is 3.26. The Hall–Kier alpha value is -2.98. The molecule has 0 unspecified atom stereocenters. The van der Waals surface area contributed by atoms with Crippen molar-refractivity contribution in [2.75, 3.05) is 24.9 Å². The summed E-state index contributed by atoms with van der Waals surface area (Å²) in [5, 5.41) is 8.11. The number of benzene rings is 1. The van der Waals surface area contributed by atoms with Crippen LogP contribution in [-0.4, -0.2) is 58.7 Å². The van der Waals surface area contributed by atoms with Gasteiger partial charge in [0.05, 0.1) is 36.5 Å². The molecule has 9 nitrogen and oxygen atoms in total. The van der Waals surface area contributed by atoms with Crippen molar-refractivity contribution in [1.82, 2.24) is 24.9 Å². The van der Waals surface area contributed by atoms with Crippen LogP contribution < -0.4 is 9.46 Å². The number of anilines is 1. The van der Waals surface area contributed by atoms with Gasteiger partial charge in [0, 0.05) is 18.3 Å². The molecule has 0 bridgehead atoms. The highest BCUT2D eigenvalue weighted by atomic mass is 32.2. The molecule has 3 aromatic rings. The monoisotopic (exact) mass is 484 g/mol. The van der Waals surface area contributed by atoms with E-state index in [1.54, 1.807) is 25.6 Å². The number of methoxy groups -OCH3 is 1. The Labute approximate surface area is 201 Å². The van der Waals surface area contributed by atoms with Crippen molar-refractivity contribution in [3.05, 3.63) is 65.6 Å². The van der Waals surface area contributed by atoms with Crippen LogP contribution in [0.5, 0.6) is 5.88 Å². The molecule has 4 rings (SSSR count). The van der Waals surface area contributed by atoms with Crippen molar-refractivity contribution in [3.63, 3.8) is 0 Å². The number of nitrogens with zero attached hydrogens (tertiary/aromatic N) is 5. The van der Waals surface area contributed by atoms with Gasteiger partial charge in [-0.25, -0.2) is 18.1 Å². The molecule has 1 saturated heterocycles. The summed E-state index contributed by atoms with van der Waals surface area (Å²) < 4.78 is 34.1. The number of hydrogen-bond acceptors (Lipinski definition) is 7. The largest absolute Gasteiger partial charge is 0.481 e. The van der Waals surface area contributed by atoms with Crippen LogP contribution in [0, 0.1) is 0 Å². The second-order valence-electron chi connectivity index (χ2n) is 8.95. The Morgan fingerprint density at radius 3 is 2.59 bits per heavy atom. The number of piperidine rings is 1. The van der Waals surface area contributed by atoms with E-state index in [0.717, 1.165) is 43.9 Å². The quantitative estimate of drug-likeness (QED) is 0.497. The highest BCUT2D eigenvalue weighted by Crippen LogP contribution is 2.30. The number of ether oxygens (including phenoxy) is 1. The molecule has 0 radical (unpaired) electrons. The Morgan fingerprint density at radius 1 is 1.09 bits per heavy atom. The minimum atomic E-state index is -3.35. The zero-order valence-corrected chi connectivity index (χ0v) is 20.7. The van der Waals surface area contributed by atoms with Crippen LogP contribution in [0.3, 0.4) is 0 Å². The van der Waals surface area contributed by atoms with E-state index in [1.807, 2.05) is 42.6 Å². The molecule has 10 heteroatoms. The molecule has 1 N–H and O–H groups in total. The van der Waals surface area contributed by atoms with Crippen molar-refractivity contribution in [2.24, 2.45) is 0 Å². The van der Waals surface area contributed by atoms with Crippen LogP contribution >= 0.6 is 0 Å². The molecule has 2 aromatic heterocycles. The van der Waals surface area contributed by atoms with Gasteiger partial charge < -0.3 is 4.74 Å². The van der Waals surface area contributed by atoms with Crippen LogP contribution in [0.15, 0.2) is 48.7 Å². The summed E-state index contributed by atoms with van der Waals surface area (Å²) in [4.78, 5) is 6.81. The molecule has 3 heterocycles. The molecule has 34 heavy (non-hydrogen) atoms. The number of aromatic nitrogens is 4. The van der Waals surface area contributed by atoms with Crippen molar-refractivity contribution < 1.29 is 13.2 Å². The second kappa shape index (κ2) is 10.5. The maximum atomic E-state index is 12.2. The Balaban J connectivity index is 1.30. The summed E-state index contributed by atoms with van der Waals surface area (Å²) >= 11 is 0. The normalized spacial score (nSPS) is 15.5. The molecule has 1 aliphatic heterocycles. The molecule has 0 amide bonds. The fourth-order valence-electron chi connectivity index (χ4n) is 4.11. The van der Waals surface area contributed by atoms with Gasteiger partial charge >= 0.3 is 0 Å². The number of sulfonamides is 1. The van der Waals surface area contributed by atoms with Crippen LogP contribution in [0.25, 0.3) is 0 Å². The van der Waals surface area contributed by atoms with E-state index < -0.39 is 15.3 Å². The van der Waals surface area contributed by atoms with Gasteiger partial charge in [-0.3, -0.25) is 9.62 Å². The van der Waals surface area contributed by atoms with E-state index in [4.69, 9.17) is 4.74 Å². The number of rotatable bonds is 9. The lowest BCUT2D eigenvalue weighted by Gasteiger charge is -2.31. The summed E-state index contributed by atoms with van der Waals surface area (Å²) in [5.74, 6) is 0.998. The van der Waals surface area contributed by atoms with Gasteiger partial charge in [0.25, 0.3) is 0 Å². The zero-order valence-electron chi connectivity index (χ0n) is 19.9. The van der Waals surface area contributed by atoms with Crippen molar-refractivity contribution in [1.29, 1.82) is 0 Å². The Bertz CT molecular complexity index is 1200. The molecular weight excluding hydrogens is 452 g/mol. The number of hydrogen-bond donors (Lipinski definition) is 1. The molecule has 0 saturated carbocycles. The second-order valence-corrected chi connectivity index (χ2v) is 11.2. The minimum Gasteiger partial charge on any atom is -0.481 e. The average molecular weight is 485 g/mol. The summed E-state index contributed by atoms with van der Waals surface area (Å²) in [7, 11) is -1.74. The molecule has 1 aromatic carbocycles. The summed E-state index contributed by atoms with van der Waals surface area (Å²) in [5.41, 5.74) is 3.62. The summed E-state index contributed by atoms with van der Waals surface area (Å²) in [6.45, 7) is 6.57. The summed E-state index contributed by atoms with van der Waals surface area (Å²) in [6, 6.07) is 13.5. The third kappa shape index (κ3) is 6.12. The van der Waals surface area contributed by atoms with Gasteiger partial charge in [-0.05, 0) is 69.5 Å². The van der Waals surface area contributed by atoms with Gasteiger partial charge in [0.2, 0.25) is 15.9 Å². The van der Waals surface area contributed by atoms with Gasteiger partial charge in [-0.1, -0.05) is 23.4 Å². The zero-order chi connectivity index (χ0) is 24.1. The van der Waals surface area contributed by atoms with E-state index in [2.05, 4.69) is 31.0 Å². The van der Waals surface area contributed by atoms with E-state index in [9.17, 15) is 8.42 Å². The lowest BCUT2D eigenvalue weighted by molar-refractivity contribution is 0.202. The third-order valence-corrected chi connectivity index (χ3v) is 7.87. The van der Waals surface area contributed by atoms with Crippen LogP contribution in [0.4, 0.5) is 5.69 Å². The Kier molecular flexibility index (Phi) is 7.47. The predicted molar refractivity (Wildman–Crippen MR) is 131 cm³/mol. The molecule has 182 valence electrons. The van der Waals surface area contributed by atoms with Crippen molar-refractivity contribution >= 4 is 15.7 Å². The summed E-state index contributed by atoms with van der Waals surface area (Å²) in [6.07, 6.45) is 4.00. The van der Waals surface area contributed by atoms with Gasteiger partial charge in [-0.15, -0.1) is 5.10 Å². The predicted octanol–water partition coefficient (Wildman–Crippen LogP) is 3.26. The van der Waals surface area contributed by atoms with Gasteiger partial charge in [0.1, 0.15) is 0 Å². The fourth-order valence-corrected chi connectivity index (χ4v) is 4.80. The lowest BCUT2D eigenvalue weighted by atomic mass is 9.89. The van der Waals surface area contributed by atoms with Crippen LogP contribution in [-0.2, 0) is 23.1 Å². The van der Waals surface area contributed by atoms with Gasteiger partial charge in [-0.2, -0.15) is 0 Å². The van der Waals surface area contributed by atoms with Gasteiger partial charge in [0.15, 0.2) is 0 Å². The molecular formula is C24H32N6O3S. The highest BCUT2D eigenvalue weighted by Gasteiger charge is 2.22. The lowest BCUT2D eigenvalue weighted by Crippen LogP contribution is -2.32. The van der Waals surface area contributed by atoms with Crippen molar-refractivity contribution in [2.45, 2.75) is 50.9 Å². The van der Waals surface area contributed by atoms with E-state index in [0.29, 0.717) is 24.0 Å². The first kappa shape index (κ1) is 24.2. The Morgan fingerprint density at radius 2 is 1.85 bits per heavy atom. The van der Waals surface area contributed by atoms with Crippen LogP contribution in [0.2, 0.25) is 0 Å². The van der Waals surface area contributed by atoms with E-state index in [-0.39, 0.29) is 0 Å². The molecule has 0 atom stereocenters.